The van der Waals surface area contributed by atoms with E-state index in [9.17, 15) is 9.59 Å². The fourth-order valence-electron chi connectivity index (χ4n) is 3.84. The van der Waals surface area contributed by atoms with Crippen LogP contribution in [0.5, 0.6) is 11.5 Å². The zero-order chi connectivity index (χ0) is 21.6. The molecule has 1 atom stereocenters. The number of piperazine rings is 1. The molecule has 0 radical (unpaired) electrons. The molecule has 0 aliphatic carbocycles. The highest BCUT2D eigenvalue weighted by Crippen LogP contribution is 2.35. The van der Waals surface area contributed by atoms with Crippen LogP contribution in [0.2, 0.25) is 0 Å². The van der Waals surface area contributed by atoms with Crippen LogP contribution in [0.1, 0.15) is 17.2 Å². The minimum atomic E-state index is -0.633. The Balaban J connectivity index is 1.39. The Kier molecular flexibility index (Phi) is 6.69. The molecule has 0 unspecified atom stereocenters. The zero-order valence-electron chi connectivity index (χ0n) is 17.7. The summed E-state index contributed by atoms with van der Waals surface area (Å²) in [7, 11) is 2.10. The molecule has 8 nitrogen and oxygen atoms in total. The van der Waals surface area contributed by atoms with Crippen LogP contribution in [-0.4, -0.2) is 68.2 Å². The van der Waals surface area contributed by atoms with Gasteiger partial charge in [0.15, 0.2) is 11.5 Å². The van der Waals surface area contributed by atoms with Crippen molar-refractivity contribution in [2.75, 3.05) is 46.6 Å². The summed E-state index contributed by atoms with van der Waals surface area (Å²) < 4.78 is 11.0. The summed E-state index contributed by atoms with van der Waals surface area (Å²) in [6.45, 7) is 4.53. The van der Waals surface area contributed by atoms with E-state index in [2.05, 4.69) is 27.5 Å². The van der Waals surface area contributed by atoms with Crippen molar-refractivity contribution < 1.29 is 19.1 Å². The van der Waals surface area contributed by atoms with Gasteiger partial charge in [0.25, 0.3) is 0 Å². The quantitative estimate of drug-likeness (QED) is 0.677. The van der Waals surface area contributed by atoms with E-state index >= 15 is 0 Å². The minimum Gasteiger partial charge on any atom is -0.454 e. The Bertz CT molecular complexity index is 913. The van der Waals surface area contributed by atoms with Gasteiger partial charge >= 0.3 is 11.8 Å². The summed E-state index contributed by atoms with van der Waals surface area (Å²) in [5.74, 6) is 0.177. The van der Waals surface area contributed by atoms with Crippen molar-refractivity contribution in [2.45, 2.75) is 12.6 Å². The number of amides is 2. The van der Waals surface area contributed by atoms with Crippen LogP contribution in [0.4, 0.5) is 0 Å². The first-order valence-corrected chi connectivity index (χ1v) is 10.5. The topological polar surface area (TPSA) is 83.1 Å². The van der Waals surface area contributed by atoms with Gasteiger partial charge in [-0.05, 0) is 30.3 Å². The first kappa shape index (κ1) is 21.1. The maximum absolute atomic E-state index is 12.4. The van der Waals surface area contributed by atoms with Gasteiger partial charge in [0.05, 0.1) is 6.04 Å². The van der Waals surface area contributed by atoms with E-state index in [1.807, 2.05) is 48.5 Å². The molecule has 2 heterocycles. The van der Waals surface area contributed by atoms with Crippen molar-refractivity contribution in [1.29, 1.82) is 0 Å². The van der Waals surface area contributed by atoms with Crippen molar-refractivity contribution >= 4 is 11.8 Å². The Hall–Kier alpha value is -3.10. The molecule has 1 fully saturated rings. The van der Waals surface area contributed by atoms with Gasteiger partial charge in [-0.1, -0.05) is 36.4 Å². The van der Waals surface area contributed by atoms with E-state index in [0.29, 0.717) is 18.8 Å². The zero-order valence-corrected chi connectivity index (χ0v) is 17.7. The number of hydrogen-bond donors (Lipinski definition) is 2. The van der Waals surface area contributed by atoms with Gasteiger partial charge in [-0.3, -0.25) is 14.5 Å². The second-order valence-electron chi connectivity index (χ2n) is 7.85. The number of hydrogen-bond acceptors (Lipinski definition) is 6. The number of nitrogens with one attached hydrogen (secondary N) is 2. The number of nitrogens with zero attached hydrogens (tertiary/aromatic N) is 2. The lowest BCUT2D eigenvalue weighted by Crippen LogP contribution is -2.49. The molecule has 2 amide bonds. The number of carbonyl (C=O) groups excluding carboxylic acids is 2. The summed E-state index contributed by atoms with van der Waals surface area (Å²) in [6, 6.07) is 15.3. The fourth-order valence-corrected chi connectivity index (χ4v) is 3.84. The van der Waals surface area contributed by atoms with Crippen LogP contribution in [0, 0.1) is 0 Å². The van der Waals surface area contributed by atoms with Gasteiger partial charge in [0.1, 0.15) is 0 Å². The van der Waals surface area contributed by atoms with Crippen molar-refractivity contribution in [3.05, 3.63) is 59.7 Å². The molecule has 2 aromatic rings. The lowest BCUT2D eigenvalue weighted by molar-refractivity contribution is -0.139. The lowest BCUT2D eigenvalue weighted by atomic mass is 10.0. The van der Waals surface area contributed by atoms with Gasteiger partial charge < -0.3 is 25.0 Å². The normalized spacial score (nSPS) is 17.2. The number of benzene rings is 2. The van der Waals surface area contributed by atoms with Gasteiger partial charge in [0.2, 0.25) is 6.79 Å². The molecule has 164 valence electrons. The number of likely N-dealkylation sites (N-methyl/N-ethyl adjacent to an activating group) is 1. The van der Waals surface area contributed by atoms with Crippen molar-refractivity contribution in [3.8, 4) is 11.5 Å². The molecule has 0 aromatic heterocycles. The maximum Gasteiger partial charge on any atom is 0.309 e. The minimum absolute atomic E-state index is 0.0610. The second-order valence-corrected chi connectivity index (χ2v) is 7.85. The van der Waals surface area contributed by atoms with E-state index in [0.717, 1.165) is 43.1 Å². The van der Waals surface area contributed by atoms with E-state index in [1.54, 1.807) is 0 Å². The van der Waals surface area contributed by atoms with Gasteiger partial charge in [-0.2, -0.15) is 0 Å². The highest BCUT2D eigenvalue weighted by atomic mass is 16.7. The molecule has 31 heavy (non-hydrogen) atoms. The lowest BCUT2D eigenvalue weighted by Gasteiger charge is -2.38. The molecule has 4 rings (SSSR count). The third-order valence-corrected chi connectivity index (χ3v) is 5.72. The summed E-state index contributed by atoms with van der Waals surface area (Å²) in [4.78, 5) is 29.3. The summed E-state index contributed by atoms with van der Waals surface area (Å²) >= 11 is 0. The summed E-state index contributed by atoms with van der Waals surface area (Å²) in [5, 5.41) is 5.49. The molecule has 0 bridgehead atoms. The molecular weight excluding hydrogens is 396 g/mol. The van der Waals surface area contributed by atoms with Crippen molar-refractivity contribution in [3.63, 3.8) is 0 Å². The second kappa shape index (κ2) is 9.80. The predicted molar refractivity (Wildman–Crippen MR) is 116 cm³/mol. The number of fused-ring (bicyclic) bond motifs is 1. The van der Waals surface area contributed by atoms with E-state index < -0.39 is 11.8 Å². The van der Waals surface area contributed by atoms with E-state index in [-0.39, 0.29) is 12.8 Å². The molecule has 0 saturated carbocycles. The number of carbonyl (C=O) groups is 2. The maximum atomic E-state index is 12.4. The molecule has 0 spiro atoms. The van der Waals surface area contributed by atoms with Crippen molar-refractivity contribution in [1.82, 2.24) is 20.4 Å². The third kappa shape index (κ3) is 5.34. The highest BCUT2D eigenvalue weighted by Gasteiger charge is 2.27. The Morgan fingerprint density at radius 3 is 2.42 bits per heavy atom. The largest absolute Gasteiger partial charge is 0.454 e. The molecular formula is C23H28N4O4. The van der Waals surface area contributed by atoms with Gasteiger partial charge in [-0.25, -0.2) is 0 Å². The fraction of sp³-hybridized carbons (Fsp3) is 0.391. The average Bonchev–Trinajstić information content (AvgIpc) is 3.27. The third-order valence-electron chi connectivity index (χ3n) is 5.72. The molecule has 8 heteroatoms. The van der Waals surface area contributed by atoms with Crippen LogP contribution in [0.3, 0.4) is 0 Å². The van der Waals surface area contributed by atoms with Crippen LogP contribution in [0.25, 0.3) is 0 Å². The first-order chi connectivity index (χ1) is 15.1. The van der Waals surface area contributed by atoms with Crippen LogP contribution < -0.4 is 20.1 Å². The Labute approximate surface area is 182 Å². The average molecular weight is 425 g/mol. The SMILES string of the molecule is CN1CCN([C@H](CNC(=O)C(=O)NCc2ccccc2)c2ccc3c(c2)OCO3)CC1. The standard InChI is InChI=1S/C23H28N4O4/c1-26-9-11-27(12-10-26)19(18-7-8-20-21(13-18)31-16-30-20)15-25-23(29)22(28)24-14-17-5-3-2-4-6-17/h2-8,13,19H,9-12,14-16H2,1H3,(H,24,28)(H,25,29)/t19-/m1/s1. The van der Waals surface area contributed by atoms with E-state index in [1.165, 1.54) is 0 Å². The molecule has 2 aromatic carbocycles. The highest BCUT2D eigenvalue weighted by molar-refractivity contribution is 6.35. The molecule has 2 aliphatic heterocycles. The first-order valence-electron chi connectivity index (χ1n) is 10.5. The summed E-state index contributed by atoms with van der Waals surface area (Å²) in [6.07, 6.45) is 0. The summed E-state index contributed by atoms with van der Waals surface area (Å²) in [5.41, 5.74) is 1.97. The van der Waals surface area contributed by atoms with Gasteiger partial charge in [0, 0.05) is 39.3 Å². The predicted octanol–water partition coefficient (Wildman–Crippen LogP) is 1.14. The monoisotopic (exact) mass is 424 g/mol. The Morgan fingerprint density at radius 2 is 1.65 bits per heavy atom. The molecule has 1 saturated heterocycles. The smallest absolute Gasteiger partial charge is 0.309 e. The van der Waals surface area contributed by atoms with Crippen LogP contribution in [0.15, 0.2) is 48.5 Å². The molecule has 2 N–H and O–H groups in total. The van der Waals surface area contributed by atoms with Crippen LogP contribution in [-0.2, 0) is 16.1 Å². The molecule has 2 aliphatic rings. The Morgan fingerprint density at radius 1 is 0.935 bits per heavy atom. The van der Waals surface area contributed by atoms with Crippen LogP contribution >= 0.6 is 0 Å². The van der Waals surface area contributed by atoms with Crippen molar-refractivity contribution in [2.24, 2.45) is 0 Å². The number of ether oxygens (including phenoxy) is 2. The van der Waals surface area contributed by atoms with E-state index in [4.69, 9.17) is 9.47 Å². The van der Waals surface area contributed by atoms with Gasteiger partial charge in [-0.15, -0.1) is 0 Å². The number of rotatable bonds is 6.